The Balaban J connectivity index is 1.97. The Kier molecular flexibility index (Phi) is 6.31. The predicted octanol–water partition coefficient (Wildman–Crippen LogP) is 3.86. The van der Waals surface area contributed by atoms with E-state index in [2.05, 4.69) is 24.1 Å². The number of carbonyl (C=O) groups excluding carboxylic acids is 2. The molecule has 6 heteroatoms. The van der Waals surface area contributed by atoms with Crippen LogP contribution in [-0.4, -0.2) is 29.3 Å². The molecule has 0 saturated carbocycles. The molecule has 0 radical (unpaired) electrons. The van der Waals surface area contributed by atoms with Gasteiger partial charge < -0.3 is 10.1 Å². The van der Waals surface area contributed by atoms with Crippen molar-refractivity contribution in [2.45, 2.75) is 40.7 Å². The average Bonchev–Trinajstić information content (AvgIpc) is 2.95. The molecule has 2 rings (SSSR count). The minimum atomic E-state index is -0.132. The number of carbonyl (C=O) groups is 2. The van der Waals surface area contributed by atoms with E-state index in [1.807, 2.05) is 26.0 Å². The van der Waals surface area contributed by atoms with Crippen molar-refractivity contribution in [2.75, 3.05) is 6.61 Å². The summed E-state index contributed by atoms with van der Waals surface area (Å²) in [4.78, 5) is 28.5. The number of ether oxygens (including phenoxy) is 1. The molecule has 0 aliphatic heterocycles. The summed E-state index contributed by atoms with van der Waals surface area (Å²) in [6, 6.07) is 7.48. The van der Waals surface area contributed by atoms with E-state index in [4.69, 9.17) is 4.74 Å². The van der Waals surface area contributed by atoms with Gasteiger partial charge >= 0.3 is 0 Å². The van der Waals surface area contributed by atoms with Gasteiger partial charge in [-0.1, -0.05) is 13.8 Å². The molecule has 134 valence electrons. The van der Waals surface area contributed by atoms with Gasteiger partial charge in [0.2, 0.25) is 0 Å². The van der Waals surface area contributed by atoms with E-state index in [9.17, 15) is 9.59 Å². The lowest BCUT2D eigenvalue weighted by molar-refractivity contribution is -0.124. The van der Waals surface area contributed by atoms with Gasteiger partial charge in [-0.05, 0) is 44.0 Å². The molecule has 1 amide bonds. The van der Waals surface area contributed by atoms with Crippen LogP contribution < -0.4 is 10.1 Å². The molecule has 1 heterocycles. The number of thiazole rings is 1. The van der Waals surface area contributed by atoms with Crippen LogP contribution in [0.3, 0.4) is 0 Å². The van der Waals surface area contributed by atoms with Gasteiger partial charge in [0.15, 0.2) is 12.4 Å². The number of aryl methyl sites for hydroxylation is 1. The zero-order valence-corrected chi connectivity index (χ0v) is 16.1. The maximum atomic E-state index is 11.8. The van der Waals surface area contributed by atoms with Crippen molar-refractivity contribution in [3.8, 4) is 16.3 Å². The first kappa shape index (κ1) is 19.1. The fourth-order valence-corrected chi connectivity index (χ4v) is 3.12. The number of nitrogens with zero attached hydrogens (tertiary/aromatic N) is 1. The zero-order chi connectivity index (χ0) is 18.6. The number of nitrogens with one attached hydrogen (secondary N) is 1. The highest BCUT2D eigenvalue weighted by Crippen LogP contribution is 2.29. The molecule has 25 heavy (non-hydrogen) atoms. The van der Waals surface area contributed by atoms with Gasteiger partial charge in [-0.15, -0.1) is 11.3 Å². The minimum Gasteiger partial charge on any atom is -0.484 e. The summed E-state index contributed by atoms with van der Waals surface area (Å²) < 4.78 is 5.52. The van der Waals surface area contributed by atoms with Crippen LogP contribution in [0.5, 0.6) is 5.75 Å². The van der Waals surface area contributed by atoms with Crippen molar-refractivity contribution >= 4 is 23.0 Å². The fourth-order valence-electron chi connectivity index (χ4n) is 2.15. The van der Waals surface area contributed by atoms with Crippen LogP contribution in [0.25, 0.3) is 10.6 Å². The van der Waals surface area contributed by atoms with Gasteiger partial charge in [-0.3, -0.25) is 9.59 Å². The fraction of sp³-hybridized carbons (Fsp3) is 0.421. The van der Waals surface area contributed by atoms with E-state index in [1.165, 1.54) is 11.3 Å². The first-order chi connectivity index (χ1) is 11.8. The smallest absolute Gasteiger partial charge is 0.258 e. The molecule has 1 atom stereocenters. The van der Waals surface area contributed by atoms with E-state index in [0.29, 0.717) is 16.5 Å². The molecule has 0 aliphatic rings. The number of amides is 1. The Morgan fingerprint density at radius 1 is 1.20 bits per heavy atom. The lowest BCUT2D eigenvalue weighted by atomic mass is 10.1. The molecule has 0 spiro atoms. The largest absolute Gasteiger partial charge is 0.484 e. The summed E-state index contributed by atoms with van der Waals surface area (Å²) in [5.74, 6) is 0.899. The van der Waals surface area contributed by atoms with Gasteiger partial charge in [0, 0.05) is 18.5 Å². The van der Waals surface area contributed by atoms with Crippen molar-refractivity contribution < 1.29 is 14.3 Å². The van der Waals surface area contributed by atoms with Crippen molar-refractivity contribution in [1.82, 2.24) is 10.3 Å². The molecule has 2 aromatic rings. The highest BCUT2D eigenvalue weighted by atomic mass is 32.1. The molecule has 0 bridgehead atoms. The zero-order valence-electron chi connectivity index (χ0n) is 15.3. The predicted molar refractivity (Wildman–Crippen MR) is 100 cm³/mol. The molecule has 1 N–H and O–H groups in total. The van der Waals surface area contributed by atoms with Crippen molar-refractivity contribution in [2.24, 2.45) is 5.92 Å². The number of hydrogen-bond donors (Lipinski definition) is 1. The lowest BCUT2D eigenvalue weighted by Crippen LogP contribution is -2.38. The number of hydrogen-bond acceptors (Lipinski definition) is 5. The Labute approximate surface area is 152 Å². The number of aromatic nitrogens is 1. The summed E-state index contributed by atoms with van der Waals surface area (Å²) in [5, 5.41) is 3.71. The third kappa shape index (κ3) is 5.13. The second-order valence-electron chi connectivity index (χ2n) is 6.40. The average molecular weight is 360 g/mol. The number of benzene rings is 1. The van der Waals surface area contributed by atoms with Crippen molar-refractivity contribution in [3.63, 3.8) is 0 Å². The second-order valence-corrected chi connectivity index (χ2v) is 7.40. The Morgan fingerprint density at radius 2 is 1.84 bits per heavy atom. The van der Waals surface area contributed by atoms with E-state index >= 15 is 0 Å². The first-order valence-electron chi connectivity index (χ1n) is 8.29. The third-order valence-corrected chi connectivity index (χ3v) is 5.28. The van der Waals surface area contributed by atoms with Gasteiger partial charge in [-0.25, -0.2) is 4.98 Å². The second kappa shape index (κ2) is 8.25. The summed E-state index contributed by atoms with van der Waals surface area (Å²) in [7, 11) is 0. The van der Waals surface area contributed by atoms with Crippen LogP contribution in [0.2, 0.25) is 0 Å². The van der Waals surface area contributed by atoms with E-state index in [1.54, 1.807) is 19.1 Å². The van der Waals surface area contributed by atoms with E-state index < -0.39 is 0 Å². The summed E-state index contributed by atoms with van der Waals surface area (Å²) in [6.45, 7) is 9.46. The van der Waals surface area contributed by atoms with E-state index in [-0.39, 0.29) is 24.3 Å². The van der Waals surface area contributed by atoms with Crippen LogP contribution in [-0.2, 0) is 4.79 Å². The van der Waals surface area contributed by atoms with Crippen molar-refractivity contribution in [1.29, 1.82) is 0 Å². The molecule has 1 aromatic carbocycles. The number of rotatable bonds is 7. The molecule has 0 aliphatic carbocycles. The standard InChI is InChI=1S/C19H24N2O3S/c1-11(2)12(3)20-17(23)10-24-16-8-6-15(7-9-16)19-21-13(4)18(25-19)14(5)22/h6-9,11-12H,10H2,1-5H3,(H,20,23)/t12-/m1/s1. The normalized spacial score (nSPS) is 12.1. The Hall–Kier alpha value is -2.21. The molecule has 0 unspecified atom stereocenters. The first-order valence-corrected chi connectivity index (χ1v) is 9.10. The number of Topliss-reactive ketones (excluding diaryl/α,β-unsaturated/α-hetero) is 1. The van der Waals surface area contributed by atoms with E-state index in [0.717, 1.165) is 16.3 Å². The molecule has 0 saturated heterocycles. The molecule has 0 fully saturated rings. The third-order valence-electron chi connectivity index (χ3n) is 3.98. The van der Waals surface area contributed by atoms with Crippen LogP contribution in [0.1, 0.15) is 43.1 Å². The molecule has 5 nitrogen and oxygen atoms in total. The Bertz CT molecular complexity index is 751. The van der Waals surface area contributed by atoms with Gasteiger partial charge in [-0.2, -0.15) is 0 Å². The molecular formula is C19H24N2O3S. The van der Waals surface area contributed by atoms with Gasteiger partial charge in [0.1, 0.15) is 10.8 Å². The maximum absolute atomic E-state index is 11.8. The van der Waals surface area contributed by atoms with Gasteiger partial charge in [0.05, 0.1) is 10.6 Å². The summed E-state index contributed by atoms with van der Waals surface area (Å²) in [5.41, 5.74) is 1.68. The lowest BCUT2D eigenvalue weighted by Gasteiger charge is -2.17. The Morgan fingerprint density at radius 3 is 2.36 bits per heavy atom. The van der Waals surface area contributed by atoms with Crippen molar-refractivity contribution in [3.05, 3.63) is 34.8 Å². The quantitative estimate of drug-likeness (QED) is 0.761. The topological polar surface area (TPSA) is 68.3 Å². The summed E-state index contributed by atoms with van der Waals surface area (Å²) >= 11 is 1.39. The highest BCUT2D eigenvalue weighted by Gasteiger charge is 2.13. The highest BCUT2D eigenvalue weighted by molar-refractivity contribution is 7.17. The maximum Gasteiger partial charge on any atom is 0.258 e. The summed E-state index contributed by atoms with van der Waals surface area (Å²) in [6.07, 6.45) is 0. The van der Waals surface area contributed by atoms with Gasteiger partial charge in [0.25, 0.3) is 5.91 Å². The van der Waals surface area contributed by atoms with Crippen LogP contribution in [0.15, 0.2) is 24.3 Å². The monoisotopic (exact) mass is 360 g/mol. The molecular weight excluding hydrogens is 336 g/mol. The SMILES string of the molecule is CC(=O)c1sc(-c2ccc(OCC(=O)N[C@H](C)C(C)C)cc2)nc1C. The van der Waals surface area contributed by atoms with Crippen LogP contribution in [0, 0.1) is 12.8 Å². The van der Waals surface area contributed by atoms with Crippen LogP contribution >= 0.6 is 11.3 Å². The number of ketones is 1. The minimum absolute atomic E-state index is 0.0126. The molecule has 1 aromatic heterocycles. The van der Waals surface area contributed by atoms with Crippen LogP contribution in [0.4, 0.5) is 0 Å².